The first kappa shape index (κ1) is 20.2. The number of ketones is 1. The molecule has 1 aliphatic heterocycles. The van der Waals surface area contributed by atoms with Crippen LogP contribution in [0.3, 0.4) is 0 Å². The van der Waals surface area contributed by atoms with E-state index >= 15 is 0 Å². The number of carbonyl (C=O) groups excluding carboxylic acids is 2. The number of aryl methyl sites for hydroxylation is 1. The van der Waals surface area contributed by atoms with Crippen molar-refractivity contribution < 1.29 is 14.3 Å². The van der Waals surface area contributed by atoms with Crippen molar-refractivity contribution in [3.63, 3.8) is 0 Å². The molecular weight excluding hydrogens is 402 g/mol. The number of ether oxygens (including phenoxy) is 1. The molecule has 2 aromatic heterocycles. The number of hydrogen-bond donors (Lipinski definition) is 2. The number of nitrogens with zero attached hydrogens (tertiary/aromatic N) is 3. The highest BCUT2D eigenvalue weighted by Gasteiger charge is 2.22. The summed E-state index contributed by atoms with van der Waals surface area (Å²) in [6.07, 6.45) is 3.65. The lowest BCUT2D eigenvalue weighted by Gasteiger charge is -2.13. The van der Waals surface area contributed by atoms with E-state index in [0.717, 1.165) is 37.2 Å². The summed E-state index contributed by atoms with van der Waals surface area (Å²) in [6, 6.07) is 9.38. The summed E-state index contributed by atoms with van der Waals surface area (Å²) in [5.74, 6) is 1.44. The maximum Gasteiger partial charge on any atom is 0.270 e. The Balaban J connectivity index is 1.28. The number of rotatable bonds is 8. The molecular formula is C21H23N5O3S. The number of aromatic nitrogens is 4. The standard InChI is InChI=1S/C21H23N5O3S/c1-14-6-2-3-7-18(14)29-12-19-23-21(25-24-19)30-13-17(27)15-10-16(22-11-15)20(28)26-8-4-5-9-26/h2-3,6-7,10-11,22H,4-5,8-9,12-13H2,1H3,(H,23,24,25). The molecule has 9 heteroatoms. The van der Waals surface area contributed by atoms with Crippen LogP contribution >= 0.6 is 11.8 Å². The summed E-state index contributed by atoms with van der Waals surface area (Å²) < 4.78 is 5.75. The van der Waals surface area contributed by atoms with E-state index in [-0.39, 0.29) is 24.1 Å². The molecule has 4 rings (SSSR count). The number of aromatic amines is 2. The van der Waals surface area contributed by atoms with Crippen LogP contribution in [0.2, 0.25) is 0 Å². The Bertz CT molecular complexity index is 1040. The first-order valence-electron chi connectivity index (χ1n) is 9.83. The third kappa shape index (κ3) is 4.73. The smallest absolute Gasteiger partial charge is 0.270 e. The fraction of sp³-hybridized carbons (Fsp3) is 0.333. The van der Waals surface area contributed by atoms with Crippen molar-refractivity contribution in [1.82, 2.24) is 25.1 Å². The normalized spacial score (nSPS) is 13.6. The molecule has 2 N–H and O–H groups in total. The molecule has 0 atom stereocenters. The number of nitrogens with one attached hydrogen (secondary N) is 2. The average molecular weight is 426 g/mol. The lowest BCUT2D eigenvalue weighted by Crippen LogP contribution is -2.27. The Morgan fingerprint density at radius 1 is 1.23 bits per heavy atom. The number of Topliss-reactive ketones (excluding diaryl/α,β-unsaturated/α-hetero) is 1. The molecule has 0 bridgehead atoms. The molecule has 0 unspecified atom stereocenters. The van der Waals surface area contributed by atoms with Crippen molar-refractivity contribution in [3.05, 3.63) is 59.2 Å². The Labute approximate surface area is 178 Å². The van der Waals surface area contributed by atoms with Crippen LogP contribution in [0.1, 0.15) is 45.1 Å². The first-order valence-corrected chi connectivity index (χ1v) is 10.8. The van der Waals surface area contributed by atoms with Gasteiger partial charge in [-0.2, -0.15) is 0 Å². The summed E-state index contributed by atoms with van der Waals surface area (Å²) >= 11 is 1.24. The highest BCUT2D eigenvalue weighted by atomic mass is 32.2. The Morgan fingerprint density at radius 3 is 2.83 bits per heavy atom. The van der Waals surface area contributed by atoms with E-state index in [1.165, 1.54) is 11.8 Å². The molecule has 8 nitrogen and oxygen atoms in total. The predicted octanol–water partition coefficient (Wildman–Crippen LogP) is 3.23. The number of amides is 1. The van der Waals surface area contributed by atoms with Gasteiger partial charge in [-0.15, -0.1) is 5.10 Å². The molecule has 1 aromatic carbocycles. The van der Waals surface area contributed by atoms with E-state index in [1.54, 1.807) is 12.3 Å². The van der Waals surface area contributed by atoms with Gasteiger partial charge in [-0.3, -0.25) is 14.7 Å². The van der Waals surface area contributed by atoms with Gasteiger partial charge in [0.25, 0.3) is 5.91 Å². The Hall–Kier alpha value is -3.07. The van der Waals surface area contributed by atoms with Gasteiger partial charge in [-0.1, -0.05) is 30.0 Å². The third-order valence-electron chi connectivity index (χ3n) is 4.93. The largest absolute Gasteiger partial charge is 0.485 e. The number of hydrogen-bond acceptors (Lipinski definition) is 6. The maximum absolute atomic E-state index is 12.5. The zero-order chi connectivity index (χ0) is 20.9. The van der Waals surface area contributed by atoms with Gasteiger partial charge in [0.15, 0.2) is 11.6 Å². The molecule has 156 valence electrons. The number of carbonyl (C=O) groups is 2. The number of thioether (sulfide) groups is 1. The second kappa shape index (κ2) is 9.17. The van der Waals surface area contributed by atoms with Crippen LogP contribution in [-0.2, 0) is 6.61 Å². The second-order valence-electron chi connectivity index (χ2n) is 7.13. The topological polar surface area (TPSA) is 104 Å². The van der Waals surface area contributed by atoms with E-state index < -0.39 is 0 Å². The van der Waals surface area contributed by atoms with Crippen LogP contribution < -0.4 is 4.74 Å². The molecule has 0 spiro atoms. The molecule has 0 radical (unpaired) electrons. The summed E-state index contributed by atoms with van der Waals surface area (Å²) in [5, 5.41) is 7.45. The van der Waals surface area contributed by atoms with Crippen LogP contribution in [0.4, 0.5) is 0 Å². The number of para-hydroxylation sites is 1. The lowest BCUT2D eigenvalue weighted by atomic mass is 10.2. The summed E-state index contributed by atoms with van der Waals surface area (Å²) in [7, 11) is 0. The fourth-order valence-electron chi connectivity index (χ4n) is 3.25. The van der Waals surface area contributed by atoms with Crippen molar-refractivity contribution in [2.45, 2.75) is 31.5 Å². The van der Waals surface area contributed by atoms with E-state index in [4.69, 9.17) is 4.74 Å². The van der Waals surface area contributed by atoms with E-state index in [9.17, 15) is 9.59 Å². The quantitative estimate of drug-likeness (QED) is 0.424. The first-order chi connectivity index (χ1) is 14.6. The minimum absolute atomic E-state index is 0.0496. The van der Waals surface area contributed by atoms with Crippen LogP contribution in [0.5, 0.6) is 5.75 Å². The van der Waals surface area contributed by atoms with Gasteiger partial charge in [0.05, 0.1) is 5.75 Å². The van der Waals surface area contributed by atoms with Gasteiger partial charge in [0, 0.05) is 24.8 Å². The number of likely N-dealkylation sites (tertiary alicyclic amines) is 1. The zero-order valence-corrected chi connectivity index (χ0v) is 17.5. The van der Waals surface area contributed by atoms with Crippen LogP contribution in [0.15, 0.2) is 41.7 Å². The monoisotopic (exact) mass is 425 g/mol. The van der Waals surface area contributed by atoms with Gasteiger partial charge < -0.3 is 14.6 Å². The Morgan fingerprint density at radius 2 is 2.03 bits per heavy atom. The minimum Gasteiger partial charge on any atom is -0.485 e. The van der Waals surface area contributed by atoms with Crippen LogP contribution in [0.25, 0.3) is 0 Å². The highest BCUT2D eigenvalue weighted by molar-refractivity contribution is 7.99. The number of H-pyrrole nitrogens is 2. The zero-order valence-electron chi connectivity index (χ0n) is 16.7. The molecule has 1 saturated heterocycles. The lowest BCUT2D eigenvalue weighted by molar-refractivity contribution is 0.0787. The SMILES string of the molecule is Cc1ccccc1OCc1nc(SCC(=O)c2c[nH]c(C(=O)N3CCCC3)c2)n[nH]1. The molecule has 1 aliphatic rings. The fourth-order valence-corrected chi connectivity index (χ4v) is 3.97. The van der Waals surface area contributed by atoms with E-state index in [1.807, 2.05) is 36.1 Å². The van der Waals surface area contributed by atoms with Crippen molar-refractivity contribution in [1.29, 1.82) is 0 Å². The molecule has 0 aliphatic carbocycles. The van der Waals surface area contributed by atoms with Gasteiger partial charge in [-0.25, -0.2) is 4.98 Å². The van der Waals surface area contributed by atoms with Crippen molar-refractivity contribution in [2.75, 3.05) is 18.8 Å². The van der Waals surface area contributed by atoms with Crippen molar-refractivity contribution in [2.24, 2.45) is 0 Å². The molecule has 1 amide bonds. The molecule has 3 aromatic rings. The van der Waals surface area contributed by atoms with Gasteiger partial charge in [0.2, 0.25) is 5.16 Å². The van der Waals surface area contributed by atoms with Gasteiger partial charge in [-0.05, 0) is 37.5 Å². The Kier molecular flexibility index (Phi) is 6.18. The second-order valence-corrected chi connectivity index (χ2v) is 8.07. The third-order valence-corrected chi connectivity index (χ3v) is 5.78. The van der Waals surface area contributed by atoms with E-state index in [2.05, 4.69) is 20.2 Å². The molecule has 3 heterocycles. The van der Waals surface area contributed by atoms with Crippen LogP contribution in [0, 0.1) is 6.92 Å². The van der Waals surface area contributed by atoms with Crippen LogP contribution in [-0.4, -0.2) is 55.6 Å². The number of benzene rings is 1. The summed E-state index contributed by atoms with van der Waals surface area (Å²) in [4.78, 5) is 34.0. The molecule has 30 heavy (non-hydrogen) atoms. The highest BCUT2D eigenvalue weighted by Crippen LogP contribution is 2.19. The maximum atomic E-state index is 12.5. The predicted molar refractivity (Wildman–Crippen MR) is 113 cm³/mol. The summed E-state index contributed by atoms with van der Waals surface area (Å²) in [6.45, 7) is 3.80. The average Bonchev–Trinajstić information content (AvgIpc) is 3.53. The molecule has 1 fully saturated rings. The molecule has 0 saturated carbocycles. The van der Waals surface area contributed by atoms with Crippen molar-refractivity contribution >= 4 is 23.5 Å². The van der Waals surface area contributed by atoms with Gasteiger partial charge >= 0.3 is 0 Å². The van der Waals surface area contributed by atoms with Gasteiger partial charge in [0.1, 0.15) is 18.1 Å². The van der Waals surface area contributed by atoms with E-state index in [0.29, 0.717) is 22.2 Å². The minimum atomic E-state index is -0.0840. The van der Waals surface area contributed by atoms with Crippen molar-refractivity contribution in [3.8, 4) is 5.75 Å². The summed E-state index contributed by atoms with van der Waals surface area (Å²) in [5.41, 5.74) is 1.99.